The van der Waals surface area contributed by atoms with Crippen molar-refractivity contribution in [2.75, 3.05) is 24.6 Å². The fourth-order valence-electron chi connectivity index (χ4n) is 3.48. The Labute approximate surface area is 158 Å². The van der Waals surface area contributed by atoms with Gasteiger partial charge in [-0.05, 0) is 49.9 Å². The first-order valence-electron chi connectivity index (χ1n) is 9.21. The van der Waals surface area contributed by atoms with E-state index in [1.807, 2.05) is 31.2 Å². The Morgan fingerprint density at radius 1 is 1.11 bits per heavy atom. The number of nitrogens with zero attached hydrogens (tertiary/aromatic N) is 5. The number of rotatable bonds is 4. The molecule has 0 radical (unpaired) electrons. The van der Waals surface area contributed by atoms with Crippen LogP contribution in [-0.2, 0) is 0 Å². The molecule has 6 heteroatoms. The minimum Gasteiger partial charge on any atom is -0.476 e. The largest absolute Gasteiger partial charge is 0.476 e. The zero-order valence-corrected chi connectivity index (χ0v) is 15.3. The molecule has 2 aromatic heterocycles. The molecule has 1 fully saturated rings. The molecule has 1 aliphatic heterocycles. The van der Waals surface area contributed by atoms with Crippen LogP contribution in [0, 0.1) is 24.2 Å². The number of ether oxygens (including phenoxy) is 1. The SMILES string of the molecule is Cc1nc2ccccc2nc1N1CCC(COc2ncccc2C#N)CC1. The van der Waals surface area contributed by atoms with Crippen molar-refractivity contribution >= 4 is 16.9 Å². The molecule has 27 heavy (non-hydrogen) atoms. The molecule has 0 N–H and O–H groups in total. The molecule has 0 aliphatic carbocycles. The van der Waals surface area contributed by atoms with Gasteiger partial charge in [-0.1, -0.05) is 12.1 Å². The molecule has 0 spiro atoms. The topological polar surface area (TPSA) is 74.9 Å². The number of benzene rings is 1. The number of pyridine rings is 1. The van der Waals surface area contributed by atoms with Crippen LogP contribution in [0.25, 0.3) is 11.0 Å². The van der Waals surface area contributed by atoms with E-state index in [2.05, 4.69) is 16.0 Å². The van der Waals surface area contributed by atoms with Crippen LogP contribution in [-0.4, -0.2) is 34.6 Å². The number of hydrogen-bond acceptors (Lipinski definition) is 6. The van der Waals surface area contributed by atoms with Crippen LogP contribution in [0.3, 0.4) is 0 Å². The van der Waals surface area contributed by atoms with Crippen molar-refractivity contribution < 1.29 is 4.74 Å². The average Bonchev–Trinajstić information content (AvgIpc) is 2.72. The number of anilines is 1. The number of aryl methyl sites for hydroxylation is 1. The lowest BCUT2D eigenvalue weighted by Crippen LogP contribution is -2.36. The van der Waals surface area contributed by atoms with Gasteiger partial charge >= 0.3 is 0 Å². The molecule has 1 saturated heterocycles. The summed E-state index contributed by atoms with van der Waals surface area (Å²) in [5.74, 6) is 1.85. The zero-order valence-electron chi connectivity index (χ0n) is 15.3. The summed E-state index contributed by atoms with van der Waals surface area (Å²) >= 11 is 0. The number of piperidine rings is 1. The molecule has 3 heterocycles. The second kappa shape index (κ2) is 7.58. The van der Waals surface area contributed by atoms with Gasteiger partial charge in [-0.3, -0.25) is 0 Å². The van der Waals surface area contributed by atoms with E-state index in [9.17, 15) is 0 Å². The highest BCUT2D eigenvalue weighted by Gasteiger charge is 2.23. The van der Waals surface area contributed by atoms with E-state index in [-0.39, 0.29) is 0 Å². The molecule has 1 aromatic carbocycles. The molecule has 0 saturated carbocycles. The predicted octanol–water partition coefficient (Wildman–Crippen LogP) is 3.50. The van der Waals surface area contributed by atoms with Gasteiger partial charge in [0.05, 0.1) is 23.3 Å². The molecule has 3 aromatic rings. The van der Waals surface area contributed by atoms with E-state index in [4.69, 9.17) is 20.0 Å². The minimum atomic E-state index is 0.429. The molecule has 0 bridgehead atoms. The van der Waals surface area contributed by atoms with Crippen molar-refractivity contribution in [3.05, 3.63) is 53.9 Å². The van der Waals surface area contributed by atoms with Crippen molar-refractivity contribution in [2.24, 2.45) is 5.92 Å². The maximum Gasteiger partial charge on any atom is 0.231 e. The normalized spacial score (nSPS) is 14.9. The third-order valence-corrected chi connectivity index (χ3v) is 4.98. The Bertz CT molecular complexity index is 989. The summed E-state index contributed by atoms with van der Waals surface area (Å²) in [4.78, 5) is 16.0. The van der Waals surface area contributed by atoms with Crippen LogP contribution < -0.4 is 9.64 Å². The minimum absolute atomic E-state index is 0.429. The van der Waals surface area contributed by atoms with Gasteiger partial charge in [0.1, 0.15) is 11.6 Å². The maximum atomic E-state index is 9.13. The van der Waals surface area contributed by atoms with Crippen molar-refractivity contribution in [2.45, 2.75) is 19.8 Å². The number of nitriles is 1. The quantitative estimate of drug-likeness (QED) is 0.710. The summed E-state index contributed by atoms with van der Waals surface area (Å²) in [6, 6.07) is 13.6. The molecule has 0 unspecified atom stereocenters. The van der Waals surface area contributed by atoms with E-state index in [0.29, 0.717) is 24.0 Å². The van der Waals surface area contributed by atoms with Crippen LogP contribution in [0.5, 0.6) is 5.88 Å². The summed E-state index contributed by atoms with van der Waals surface area (Å²) in [7, 11) is 0. The Morgan fingerprint density at radius 2 is 1.85 bits per heavy atom. The van der Waals surface area contributed by atoms with Crippen LogP contribution in [0.2, 0.25) is 0 Å². The highest BCUT2D eigenvalue weighted by Crippen LogP contribution is 2.26. The molecule has 4 rings (SSSR count). The van der Waals surface area contributed by atoms with Crippen molar-refractivity contribution in [1.29, 1.82) is 5.26 Å². The first kappa shape index (κ1) is 17.2. The molecular formula is C21H21N5O. The fraction of sp³-hybridized carbons (Fsp3) is 0.333. The smallest absolute Gasteiger partial charge is 0.231 e. The first-order valence-corrected chi connectivity index (χ1v) is 9.21. The summed E-state index contributed by atoms with van der Waals surface area (Å²) < 4.78 is 5.81. The van der Waals surface area contributed by atoms with Gasteiger partial charge in [-0.2, -0.15) is 5.26 Å². The highest BCUT2D eigenvalue weighted by atomic mass is 16.5. The molecule has 1 aliphatic rings. The lowest BCUT2D eigenvalue weighted by Gasteiger charge is -2.33. The van der Waals surface area contributed by atoms with Gasteiger partial charge < -0.3 is 9.64 Å². The van der Waals surface area contributed by atoms with Gasteiger partial charge in [-0.25, -0.2) is 15.0 Å². The van der Waals surface area contributed by atoms with Crippen molar-refractivity contribution in [3.63, 3.8) is 0 Å². The molecule has 6 nitrogen and oxygen atoms in total. The Balaban J connectivity index is 1.39. The number of para-hydroxylation sites is 2. The maximum absolute atomic E-state index is 9.13. The third kappa shape index (κ3) is 3.68. The Hall–Kier alpha value is -3.20. The summed E-state index contributed by atoms with van der Waals surface area (Å²) in [5, 5.41) is 9.13. The summed E-state index contributed by atoms with van der Waals surface area (Å²) in [6.45, 7) is 4.46. The molecule has 0 atom stereocenters. The predicted molar refractivity (Wildman–Crippen MR) is 104 cm³/mol. The lowest BCUT2D eigenvalue weighted by molar-refractivity contribution is 0.215. The van der Waals surface area contributed by atoms with Crippen molar-refractivity contribution in [3.8, 4) is 11.9 Å². The third-order valence-electron chi connectivity index (χ3n) is 4.98. The molecule has 136 valence electrons. The van der Waals surface area contributed by atoms with E-state index >= 15 is 0 Å². The van der Waals surface area contributed by atoms with Crippen LogP contribution in [0.4, 0.5) is 5.82 Å². The van der Waals surface area contributed by atoms with Gasteiger partial charge in [-0.15, -0.1) is 0 Å². The zero-order chi connectivity index (χ0) is 18.6. The summed E-state index contributed by atoms with van der Waals surface area (Å²) in [6.07, 6.45) is 3.69. The second-order valence-electron chi connectivity index (χ2n) is 6.83. The van der Waals surface area contributed by atoms with E-state index in [0.717, 1.165) is 48.5 Å². The standard InChI is InChI=1S/C21H21N5O/c1-15-20(25-19-7-3-2-6-18(19)24-15)26-11-8-16(9-12-26)14-27-21-17(13-22)5-4-10-23-21/h2-7,10,16H,8-9,11-12,14H2,1H3. The fourth-order valence-corrected chi connectivity index (χ4v) is 3.48. The Kier molecular flexibility index (Phi) is 4.84. The first-order chi connectivity index (χ1) is 13.2. The summed E-state index contributed by atoms with van der Waals surface area (Å²) in [5.41, 5.74) is 3.32. The van der Waals surface area contributed by atoms with E-state index in [1.54, 1.807) is 18.3 Å². The monoisotopic (exact) mass is 359 g/mol. The van der Waals surface area contributed by atoms with Crippen LogP contribution in [0.1, 0.15) is 24.1 Å². The van der Waals surface area contributed by atoms with E-state index in [1.165, 1.54) is 0 Å². The lowest BCUT2D eigenvalue weighted by atomic mass is 9.97. The Morgan fingerprint density at radius 3 is 2.59 bits per heavy atom. The average molecular weight is 359 g/mol. The van der Waals surface area contributed by atoms with Crippen LogP contribution >= 0.6 is 0 Å². The van der Waals surface area contributed by atoms with Gasteiger partial charge in [0, 0.05) is 19.3 Å². The van der Waals surface area contributed by atoms with Crippen LogP contribution in [0.15, 0.2) is 42.6 Å². The number of fused-ring (bicyclic) bond motifs is 1. The van der Waals surface area contributed by atoms with E-state index < -0.39 is 0 Å². The number of hydrogen-bond donors (Lipinski definition) is 0. The number of aromatic nitrogens is 3. The van der Waals surface area contributed by atoms with Gasteiger partial charge in [0.25, 0.3) is 0 Å². The molecular weight excluding hydrogens is 338 g/mol. The van der Waals surface area contributed by atoms with Gasteiger partial charge in [0.2, 0.25) is 5.88 Å². The molecule has 0 amide bonds. The van der Waals surface area contributed by atoms with Gasteiger partial charge in [0.15, 0.2) is 5.82 Å². The highest BCUT2D eigenvalue weighted by molar-refractivity contribution is 5.76. The second-order valence-corrected chi connectivity index (χ2v) is 6.83. The van der Waals surface area contributed by atoms with Crippen molar-refractivity contribution in [1.82, 2.24) is 15.0 Å².